The van der Waals surface area contributed by atoms with Gasteiger partial charge in [-0.1, -0.05) is 13.8 Å². The molecule has 2 saturated heterocycles. The van der Waals surface area contributed by atoms with E-state index in [1.165, 1.54) is 0 Å². The molecule has 2 aliphatic rings. The summed E-state index contributed by atoms with van der Waals surface area (Å²) in [5, 5.41) is 0. The molecular weight excluding hydrogens is 330 g/mol. The Labute approximate surface area is 155 Å². The van der Waals surface area contributed by atoms with Crippen LogP contribution in [0.15, 0.2) is 18.3 Å². The molecule has 3 rings (SSSR count). The SMILES string of the molecule is CCN1CCN(C(=O)c2ccc(C(=O)N3CCN(CC)CC3)nc2)CC1. The van der Waals surface area contributed by atoms with E-state index in [9.17, 15) is 9.59 Å². The maximum Gasteiger partial charge on any atom is 0.272 e. The second kappa shape index (κ2) is 8.60. The quantitative estimate of drug-likeness (QED) is 0.790. The topological polar surface area (TPSA) is 60.0 Å². The molecule has 2 amide bonds. The Morgan fingerprint density at radius 3 is 1.73 bits per heavy atom. The van der Waals surface area contributed by atoms with E-state index in [-0.39, 0.29) is 11.8 Å². The third kappa shape index (κ3) is 4.22. The fraction of sp³-hybridized carbons (Fsp3) is 0.632. The van der Waals surface area contributed by atoms with Gasteiger partial charge in [-0.05, 0) is 25.2 Å². The van der Waals surface area contributed by atoms with Crippen molar-refractivity contribution in [3.05, 3.63) is 29.6 Å². The number of rotatable bonds is 4. The number of carbonyl (C=O) groups excluding carboxylic acids is 2. The summed E-state index contributed by atoms with van der Waals surface area (Å²) >= 11 is 0. The zero-order chi connectivity index (χ0) is 18.5. The first-order valence-electron chi connectivity index (χ1n) is 9.61. The average molecular weight is 359 g/mol. The molecule has 1 aromatic heterocycles. The molecule has 1 aromatic rings. The summed E-state index contributed by atoms with van der Waals surface area (Å²) in [5.41, 5.74) is 0.976. The number of likely N-dealkylation sites (N-methyl/N-ethyl adjacent to an activating group) is 2. The van der Waals surface area contributed by atoms with Crippen LogP contribution in [0.1, 0.15) is 34.7 Å². The first-order valence-corrected chi connectivity index (χ1v) is 9.61. The highest BCUT2D eigenvalue weighted by Gasteiger charge is 2.24. The molecule has 26 heavy (non-hydrogen) atoms. The van der Waals surface area contributed by atoms with E-state index in [1.54, 1.807) is 18.3 Å². The van der Waals surface area contributed by atoms with Crippen molar-refractivity contribution in [2.24, 2.45) is 0 Å². The fourth-order valence-corrected chi connectivity index (χ4v) is 3.53. The van der Waals surface area contributed by atoms with E-state index in [4.69, 9.17) is 0 Å². The first kappa shape index (κ1) is 18.8. The van der Waals surface area contributed by atoms with Gasteiger partial charge in [0.1, 0.15) is 5.69 Å². The van der Waals surface area contributed by atoms with Gasteiger partial charge in [0.05, 0.1) is 5.56 Å². The first-order chi connectivity index (χ1) is 12.6. The zero-order valence-corrected chi connectivity index (χ0v) is 15.9. The van der Waals surface area contributed by atoms with Crippen LogP contribution in [0.5, 0.6) is 0 Å². The lowest BCUT2D eigenvalue weighted by Gasteiger charge is -2.34. The number of nitrogens with zero attached hydrogens (tertiary/aromatic N) is 5. The third-order valence-electron chi connectivity index (χ3n) is 5.44. The Hall–Kier alpha value is -1.99. The second-order valence-electron chi connectivity index (χ2n) is 6.89. The van der Waals surface area contributed by atoms with Gasteiger partial charge in [0.15, 0.2) is 0 Å². The van der Waals surface area contributed by atoms with Gasteiger partial charge in [-0.15, -0.1) is 0 Å². The molecule has 2 aliphatic heterocycles. The summed E-state index contributed by atoms with van der Waals surface area (Å²) in [5.74, 6) is -0.0416. The Balaban J connectivity index is 1.58. The van der Waals surface area contributed by atoms with Gasteiger partial charge in [-0.3, -0.25) is 14.6 Å². The minimum absolute atomic E-state index is 0.00353. The number of pyridine rings is 1. The van der Waals surface area contributed by atoms with Crippen LogP contribution in [0.4, 0.5) is 0 Å². The van der Waals surface area contributed by atoms with Crippen molar-refractivity contribution >= 4 is 11.8 Å². The van der Waals surface area contributed by atoms with Crippen LogP contribution in [0.2, 0.25) is 0 Å². The predicted molar refractivity (Wildman–Crippen MR) is 100 cm³/mol. The predicted octanol–water partition coefficient (Wildman–Crippen LogP) is 0.637. The molecule has 142 valence electrons. The van der Waals surface area contributed by atoms with E-state index >= 15 is 0 Å². The number of piperazine rings is 2. The van der Waals surface area contributed by atoms with Crippen molar-refractivity contribution in [1.82, 2.24) is 24.6 Å². The van der Waals surface area contributed by atoms with Crippen molar-refractivity contribution in [3.8, 4) is 0 Å². The Bertz CT molecular complexity index is 562. The molecule has 0 unspecified atom stereocenters. The number of aromatic nitrogens is 1. The third-order valence-corrected chi connectivity index (χ3v) is 5.44. The van der Waals surface area contributed by atoms with Gasteiger partial charge in [0.2, 0.25) is 0 Å². The molecule has 3 heterocycles. The summed E-state index contributed by atoms with van der Waals surface area (Å²) in [6.45, 7) is 12.9. The minimum atomic E-state index is -0.0451. The average Bonchev–Trinajstić information content (AvgIpc) is 2.73. The van der Waals surface area contributed by atoms with Gasteiger partial charge in [0, 0.05) is 58.6 Å². The molecule has 0 radical (unpaired) electrons. The van der Waals surface area contributed by atoms with E-state index in [0.29, 0.717) is 11.3 Å². The van der Waals surface area contributed by atoms with Crippen LogP contribution in [-0.4, -0.2) is 102 Å². The minimum Gasteiger partial charge on any atom is -0.336 e. The molecule has 2 fully saturated rings. The van der Waals surface area contributed by atoms with Crippen LogP contribution in [0.3, 0.4) is 0 Å². The summed E-state index contributed by atoms with van der Waals surface area (Å²) in [6.07, 6.45) is 1.55. The van der Waals surface area contributed by atoms with Gasteiger partial charge >= 0.3 is 0 Å². The number of hydrogen-bond donors (Lipinski definition) is 0. The maximum absolute atomic E-state index is 12.6. The second-order valence-corrected chi connectivity index (χ2v) is 6.89. The molecule has 0 spiro atoms. The summed E-state index contributed by atoms with van der Waals surface area (Å²) in [4.78, 5) is 37.9. The van der Waals surface area contributed by atoms with Gasteiger partial charge < -0.3 is 19.6 Å². The fourth-order valence-electron chi connectivity index (χ4n) is 3.53. The van der Waals surface area contributed by atoms with Crippen LogP contribution in [0, 0.1) is 0 Å². The highest BCUT2D eigenvalue weighted by Crippen LogP contribution is 2.11. The molecule has 0 aromatic carbocycles. The highest BCUT2D eigenvalue weighted by atomic mass is 16.2. The molecule has 0 saturated carbocycles. The Morgan fingerprint density at radius 1 is 0.808 bits per heavy atom. The molecule has 0 aliphatic carbocycles. The maximum atomic E-state index is 12.6. The lowest BCUT2D eigenvalue weighted by Crippen LogP contribution is -2.49. The van der Waals surface area contributed by atoms with E-state index in [1.807, 2.05) is 9.80 Å². The normalized spacial score (nSPS) is 19.6. The van der Waals surface area contributed by atoms with Crippen LogP contribution >= 0.6 is 0 Å². The lowest BCUT2D eigenvalue weighted by molar-refractivity contribution is 0.0627. The van der Waals surface area contributed by atoms with Gasteiger partial charge in [0.25, 0.3) is 11.8 Å². The van der Waals surface area contributed by atoms with E-state index < -0.39 is 0 Å². The summed E-state index contributed by atoms with van der Waals surface area (Å²) in [6, 6.07) is 3.42. The molecule has 0 N–H and O–H groups in total. The van der Waals surface area contributed by atoms with Crippen molar-refractivity contribution in [2.45, 2.75) is 13.8 Å². The van der Waals surface area contributed by atoms with Crippen LogP contribution in [-0.2, 0) is 0 Å². The number of amides is 2. The van der Waals surface area contributed by atoms with Crippen molar-refractivity contribution in [2.75, 3.05) is 65.4 Å². The van der Waals surface area contributed by atoms with Crippen LogP contribution < -0.4 is 0 Å². The van der Waals surface area contributed by atoms with Crippen molar-refractivity contribution in [3.63, 3.8) is 0 Å². The number of hydrogen-bond acceptors (Lipinski definition) is 5. The molecule has 0 atom stereocenters. The molecular formula is C19H29N5O2. The monoisotopic (exact) mass is 359 g/mol. The largest absolute Gasteiger partial charge is 0.336 e. The standard InChI is InChI=1S/C19H29N5O2/c1-3-21-7-11-23(12-8-21)18(25)16-5-6-17(20-15-16)19(26)24-13-9-22(4-2)10-14-24/h5-6,15H,3-4,7-14H2,1-2H3. The summed E-state index contributed by atoms with van der Waals surface area (Å²) < 4.78 is 0. The van der Waals surface area contributed by atoms with E-state index in [2.05, 4.69) is 28.6 Å². The molecule has 7 heteroatoms. The molecule has 0 bridgehead atoms. The van der Waals surface area contributed by atoms with E-state index in [0.717, 1.165) is 65.4 Å². The smallest absolute Gasteiger partial charge is 0.272 e. The number of carbonyl (C=O) groups is 2. The lowest BCUT2D eigenvalue weighted by atomic mass is 10.2. The van der Waals surface area contributed by atoms with Crippen molar-refractivity contribution in [1.29, 1.82) is 0 Å². The van der Waals surface area contributed by atoms with Gasteiger partial charge in [-0.2, -0.15) is 0 Å². The zero-order valence-electron chi connectivity index (χ0n) is 15.9. The summed E-state index contributed by atoms with van der Waals surface area (Å²) in [7, 11) is 0. The highest BCUT2D eigenvalue weighted by molar-refractivity contribution is 5.96. The Kier molecular flexibility index (Phi) is 6.21. The van der Waals surface area contributed by atoms with Crippen LogP contribution in [0.25, 0.3) is 0 Å². The van der Waals surface area contributed by atoms with Crippen molar-refractivity contribution < 1.29 is 9.59 Å². The molecule has 7 nitrogen and oxygen atoms in total. The van der Waals surface area contributed by atoms with Gasteiger partial charge in [-0.25, -0.2) is 0 Å². The Morgan fingerprint density at radius 2 is 1.31 bits per heavy atom.